The molecule has 0 aromatic carbocycles. The van der Waals surface area contributed by atoms with E-state index in [-0.39, 0.29) is 6.10 Å². The summed E-state index contributed by atoms with van der Waals surface area (Å²) < 4.78 is 5.66. The standard InChI is InChI=1S/C18H30O2/c1-5-7-9-15(4)12-17-16(13-18(19)20-17)11-10-14(3)8-6-2/h6,8,12,16-19H,2,5,7,9-11,13H2,1,3-4H3/b14-8+,15-12+/t16-,17+,18?/m0/s1. The van der Waals surface area contributed by atoms with Crippen LogP contribution in [0.5, 0.6) is 0 Å². The zero-order valence-electron chi connectivity index (χ0n) is 13.3. The Morgan fingerprint density at radius 1 is 1.30 bits per heavy atom. The highest BCUT2D eigenvalue weighted by molar-refractivity contribution is 5.09. The zero-order chi connectivity index (χ0) is 15.0. The quantitative estimate of drug-likeness (QED) is 0.512. The molecule has 0 aromatic heterocycles. The predicted octanol–water partition coefficient (Wildman–Crippen LogP) is 4.76. The lowest BCUT2D eigenvalue weighted by Crippen LogP contribution is -2.14. The topological polar surface area (TPSA) is 29.5 Å². The minimum absolute atomic E-state index is 0.0818. The van der Waals surface area contributed by atoms with Crippen molar-refractivity contribution < 1.29 is 9.84 Å². The van der Waals surface area contributed by atoms with Crippen molar-refractivity contribution in [3.8, 4) is 0 Å². The second kappa shape index (κ2) is 9.15. The molecule has 0 radical (unpaired) electrons. The van der Waals surface area contributed by atoms with E-state index >= 15 is 0 Å². The van der Waals surface area contributed by atoms with E-state index in [1.54, 1.807) is 0 Å². The molecule has 1 saturated heterocycles. The molecule has 114 valence electrons. The Bertz CT molecular complexity index is 354. The molecule has 0 bridgehead atoms. The van der Waals surface area contributed by atoms with Crippen molar-refractivity contribution in [3.05, 3.63) is 36.0 Å². The van der Waals surface area contributed by atoms with Gasteiger partial charge in [0.25, 0.3) is 0 Å². The van der Waals surface area contributed by atoms with E-state index < -0.39 is 6.29 Å². The van der Waals surface area contributed by atoms with Gasteiger partial charge in [0, 0.05) is 6.42 Å². The first kappa shape index (κ1) is 17.2. The zero-order valence-corrected chi connectivity index (χ0v) is 13.3. The summed E-state index contributed by atoms with van der Waals surface area (Å²) in [6.07, 6.45) is 12.0. The van der Waals surface area contributed by atoms with Gasteiger partial charge in [-0.25, -0.2) is 0 Å². The predicted molar refractivity (Wildman–Crippen MR) is 85.5 cm³/mol. The molecule has 3 atom stereocenters. The summed E-state index contributed by atoms with van der Waals surface area (Å²) >= 11 is 0. The van der Waals surface area contributed by atoms with Crippen LogP contribution in [-0.2, 0) is 4.74 Å². The molecule has 0 spiro atoms. The van der Waals surface area contributed by atoms with Gasteiger partial charge in [-0.2, -0.15) is 0 Å². The van der Waals surface area contributed by atoms with Gasteiger partial charge >= 0.3 is 0 Å². The average molecular weight is 278 g/mol. The van der Waals surface area contributed by atoms with E-state index in [1.165, 1.54) is 24.0 Å². The smallest absolute Gasteiger partial charge is 0.155 e. The van der Waals surface area contributed by atoms with Crippen LogP contribution in [0.2, 0.25) is 0 Å². The van der Waals surface area contributed by atoms with Gasteiger partial charge in [-0.05, 0) is 45.4 Å². The van der Waals surface area contributed by atoms with Crippen LogP contribution >= 0.6 is 0 Å². The van der Waals surface area contributed by atoms with Gasteiger partial charge in [0.1, 0.15) is 0 Å². The Morgan fingerprint density at radius 2 is 2.05 bits per heavy atom. The fraction of sp³-hybridized carbons (Fsp3) is 0.667. The molecule has 1 aliphatic heterocycles. The lowest BCUT2D eigenvalue weighted by atomic mass is 9.92. The molecule has 0 aromatic rings. The molecule has 0 amide bonds. The van der Waals surface area contributed by atoms with Crippen LogP contribution in [0.25, 0.3) is 0 Å². The summed E-state index contributed by atoms with van der Waals surface area (Å²) in [4.78, 5) is 0. The number of aliphatic hydroxyl groups excluding tert-OH is 1. The molecule has 2 heteroatoms. The molecule has 0 aliphatic carbocycles. The largest absolute Gasteiger partial charge is 0.368 e. The third-order valence-corrected chi connectivity index (χ3v) is 3.97. The second-order valence-corrected chi connectivity index (χ2v) is 5.96. The van der Waals surface area contributed by atoms with Crippen LogP contribution in [0, 0.1) is 5.92 Å². The normalized spacial score (nSPS) is 27.9. The van der Waals surface area contributed by atoms with Crippen molar-refractivity contribution in [2.45, 2.75) is 71.7 Å². The van der Waals surface area contributed by atoms with Crippen molar-refractivity contribution in [3.63, 3.8) is 0 Å². The highest BCUT2D eigenvalue weighted by Crippen LogP contribution is 2.32. The van der Waals surface area contributed by atoms with E-state index in [0.717, 1.165) is 25.7 Å². The van der Waals surface area contributed by atoms with Crippen molar-refractivity contribution in [1.29, 1.82) is 0 Å². The summed E-state index contributed by atoms with van der Waals surface area (Å²) in [6.45, 7) is 10.2. The van der Waals surface area contributed by atoms with Crippen molar-refractivity contribution in [2.24, 2.45) is 5.92 Å². The van der Waals surface area contributed by atoms with Gasteiger partial charge in [-0.1, -0.05) is 49.3 Å². The molecule has 2 nitrogen and oxygen atoms in total. The number of rotatable bonds is 8. The van der Waals surface area contributed by atoms with Crippen LogP contribution in [-0.4, -0.2) is 17.5 Å². The van der Waals surface area contributed by atoms with E-state index in [0.29, 0.717) is 5.92 Å². The lowest BCUT2D eigenvalue weighted by Gasteiger charge is -2.16. The fourth-order valence-electron chi connectivity index (χ4n) is 2.72. The first-order chi connectivity index (χ1) is 9.56. The lowest BCUT2D eigenvalue weighted by molar-refractivity contribution is -0.0791. The molecule has 1 unspecified atom stereocenters. The molecular formula is C18H30O2. The molecule has 1 aliphatic rings. The number of allylic oxidation sites excluding steroid dienone is 4. The molecule has 1 N–H and O–H groups in total. The Labute approximate surface area is 124 Å². The van der Waals surface area contributed by atoms with E-state index in [2.05, 4.69) is 39.5 Å². The average Bonchev–Trinajstić information content (AvgIpc) is 2.74. The molecule has 1 fully saturated rings. The molecular weight excluding hydrogens is 248 g/mol. The Hall–Kier alpha value is -0.860. The van der Waals surface area contributed by atoms with E-state index in [4.69, 9.17) is 4.74 Å². The van der Waals surface area contributed by atoms with Gasteiger partial charge < -0.3 is 9.84 Å². The summed E-state index contributed by atoms with van der Waals surface area (Å²) in [6, 6.07) is 0. The van der Waals surface area contributed by atoms with Crippen LogP contribution < -0.4 is 0 Å². The fourth-order valence-corrected chi connectivity index (χ4v) is 2.72. The maximum atomic E-state index is 9.75. The molecule has 0 saturated carbocycles. The third kappa shape index (κ3) is 6.06. The number of aliphatic hydroxyl groups is 1. The van der Waals surface area contributed by atoms with Crippen LogP contribution in [0.3, 0.4) is 0 Å². The molecule has 1 heterocycles. The summed E-state index contributed by atoms with van der Waals surface area (Å²) in [5.41, 5.74) is 2.72. The van der Waals surface area contributed by atoms with Crippen LogP contribution in [0.15, 0.2) is 36.0 Å². The second-order valence-electron chi connectivity index (χ2n) is 5.96. The van der Waals surface area contributed by atoms with Gasteiger partial charge in [0.15, 0.2) is 6.29 Å². The van der Waals surface area contributed by atoms with E-state index in [9.17, 15) is 5.11 Å². The monoisotopic (exact) mass is 278 g/mol. The van der Waals surface area contributed by atoms with Crippen molar-refractivity contribution in [2.75, 3.05) is 0 Å². The minimum atomic E-state index is -0.594. The Balaban J connectivity index is 2.55. The van der Waals surface area contributed by atoms with Gasteiger partial charge in [-0.3, -0.25) is 0 Å². The van der Waals surface area contributed by atoms with Crippen molar-refractivity contribution >= 4 is 0 Å². The van der Waals surface area contributed by atoms with Crippen molar-refractivity contribution in [1.82, 2.24) is 0 Å². The minimum Gasteiger partial charge on any atom is -0.368 e. The number of hydrogen-bond donors (Lipinski definition) is 1. The van der Waals surface area contributed by atoms with Gasteiger partial charge in [0.05, 0.1) is 6.10 Å². The highest BCUT2D eigenvalue weighted by atomic mass is 16.6. The van der Waals surface area contributed by atoms with E-state index in [1.807, 2.05) is 6.08 Å². The first-order valence-corrected chi connectivity index (χ1v) is 7.85. The molecule has 1 rings (SSSR count). The number of hydrogen-bond acceptors (Lipinski definition) is 2. The number of ether oxygens (including phenoxy) is 1. The van der Waals surface area contributed by atoms with Crippen LogP contribution in [0.4, 0.5) is 0 Å². The Kier molecular flexibility index (Phi) is 7.86. The summed E-state index contributed by atoms with van der Waals surface area (Å²) in [5.74, 6) is 0.426. The SMILES string of the molecule is C=C/C=C(\C)CC[C@H]1CC(O)O[C@@H]1/C=C(\C)CCCC. The summed E-state index contributed by atoms with van der Waals surface area (Å²) in [7, 11) is 0. The third-order valence-electron chi connectivity index (χ3n) is 3.97. The highest BCUT2D eigenvalue weighted by Gasteiger charge is 2.32. The maximum Gasteiger partial charge on any atom is 0.155 e. The van der Waals surface area contributed by atoms with Gasteiger partial charge in [-0.15, -0.1) is 0 Å². The maximum absolute atomic E-state index is 9.75. The summed E-state index contributed by atoms with van der Waals surface area (Å²) in [5, 5.41) is 9.75. The molecule has 20 heavy (non-hydrogen) atoms. The number of unbranched alkanes of at least 4 members (excludes halogenated alkanes) is 1. The Morgan fingerprint density at radius 3 is 2.70 bits per heavy atom. The first-order valence-electron chi connectivity index (χ1n) is 7.85. The van der Waals surface area contributed by atoms with Crippen LogP contribution in [0.1, 0.15) is 59.3 Å². The van der Waals surface area contributed by atoms with Gasteiger partial charge in [0.2, 0.25) is 0 Å².